The number of benzene rings is 2. The van der Waals surface area contributed by atoms with E-state index in [9.17, 15) is 9.50 Å². The third kappa shape index (κ3) is 3.72. The molecule has 106 valence electrons. The summed E-state index contributed by atoms with van der Waals surface area (Å²) in [6, 6.07) is 9.70. The number of nitrogens with one attached hydrogen (secondary N) is 1. The Hall–Kier alpha value is -1.10. The molecule has 20 heavy (non-hydrogen) atoms. The number of hydrogen-bond acceptors (Lipinski definition) is 2. The van der Waals surface area contributed by atoms with Crippen LogP contribution in [0.1, 0.15) is 17.2 Å². The second-order valence-corrected chi connectivity index (χ2v) is 5.89. The van der Waals surface area contributed by atoms with Crippen LogP contribution in [0.4, 0.5) is 10.1 Å². The topological polar surface area (TPSA) is 32.3 Å². The largest absolute Gasteiger partial charge is 0.394 e. The Morgan fingerprint density at radius 3 is 2.65 bits per heavy atom. The van der Waals surface area contributed by atoms with E-state index in [2.05, 4.69) is 21.2 Å². The number of aryl methyl sites for hydroxylation is 1. The lowest BCUT2D eigenvalue weighted by molar-refractivity contribution is 0.276. The summed E-state index contributed by atoms with van der Waals surface area (Å²) in [5.74, 6) is -0.314. The lowest BCUT2D eigenvalue weighted by Gasteiger charge is -2.20. The van der Waals surface area contributed by atoms with Crippen LogP contribution in [-0.4, -0.2) is 11.7 Å². The molecule has 0 bridgehead atoms. The van der Waals surface area contributed by atoms with Gasteiger partial charge in [0.15, 0.2) is 0 Å². The van der Waals surface area contributed by atoms with Gasteiger partial charge in [0.2, 0.25) is 0 Å². The molecule has 2 aromatic rings. The first kappa shape index (κ1) is 15.3. The van der Waals surface area contributed by atoms with Gasteiger partial charge in [0, 0.05) is 15.2 Å². The summed E-state index contributed by atoms with van der Waals surface area (Å²) in [6.07, 6.45) is 0. The molecule has 0 aromatic heterocycles. The summed E-state index contributed by atoms with van der Waals surface area (Å²) >= 11 is 9.51. The van der Waals surface area contributed by atoms with Crippen molar-refractivity contribution in [3.05, 3.63) is 62.8 Å². The fraction of sp³-hybridized carbons (Fsp3) is 0.200. The molecule has 2 N–H and O–H groups in total. The van der Waals surface area contributed by atoms with E-state index in [0.717, 1.165) is 15.6 Å². The summed E-state index contributed by atoms with van der Waals surface area (Å²) < 4.78 is 14.2. The lowest BCUT2D eigenvalue weighted by atomic mass is 10.1. The van der Waals surface area contributed by atoms with Gasteiger partial charge in [0.1, 0.15) is 5.82 Å². The Bertz CT molecular complexity index is 601. The van der Waals surface area contributed by atoms with Gasteiger partial charge in [-0.3, -0.25) is 0 Å². The molecule has 0 saturated carbocycles. The molecule has 0 saturated heterocycles. The van der Waals surface area contributed by atoms with Crippen LogP contribution < -0.4 is 5.32 Å². The van der Waals surface area contributed by atoms with Crippen LogP contribution in [0.25, 0.3) is 0 Å². The number of hydrogen-bond donors (Lipinski definition) is 2. The first-order valence-corrected chi connectivity index (χ1v) is 7.26. The zero-order valence-corrected chi connectivity index (χ0v) is 13.2. The quantitative estimate of drug-likeness (QED) is 0.830. The van der Waals surface area contributed by atoms with Gasteiger partial charge in [-0.2, -0.15) is 0 Å². The highest BCUT2D eigenvalue weighted by molar-refractivity contribution is 9.10. The van der Waals surface area contributed by atoms with Crippen molar-refractivity contribution in [2.24, 2.45) is 0 Å². The number of halogens is 3. The molecule has 0 amide bonds. The molecular formula is C15H14BrClFNO. The summed E-state index contributed by atoms with van der Waals surface area (Å²) in [4.78, 5) is 0. The van der Waals surface area contributed by atoms with Crippen molar-refractivity contribution in [3.63, 3.8) is 0 Å². The van der Waals surface area contributed by atoms with E-state index in [1.807, 2.05) is 25.1 Å². The second-order valence-electron chi connectivity index (χ2n) is 4.56. The predicted octanol–water partition coefficient (Wildman–Crippen LogP) is 4.70. The molecule has 5 heteroatoms. The zero-order chi connectivity index (χ0) is 14.7. The maximum Gasteiger partial charge on any atom is 0.125 e. The minimum atomic E-state index is -0.392. The smallest absolute Gasteiger partial charge is 0.125 e. The van der Waals surface area contributed by atoms with Gasteiger partial charge in [-0.25, -0.2) is 4.39 Å². The standard InChI is InChI=1S/C15H14BrClFNO/c1-9-4-11(18)7-12(5-9)19-15(8-20)13-3-2-10(16)6-14(13)17/h2-7,15,19-20H,8H2,1H3. The van der Waals surface area contributed by atoms with Gasteiger partial charge < -0.3 is 10.4 Å². The molecule has 0 aliphatic rings. The van der Waals surface area contributed by atoms with E-state index >= 15 is 0 Å². The third-order valence-electron chi connectivity index (χ3n) is 2.90. The summed E-state index contributed by atoms with van der Waals surface area (Å²) in [5.41, 5.74) is 2.19. The number of anilines is 1. The van der Waals surface area contributed by atoms with Crippen LogP contribution in [0, 0.1) is 12.7 Å². The Balaban J connectivity index is 2.28. The fourth-order valence-corrected chi connectivity index (χ4v) is 2.83. The highest BCUT2D eigenvalue weighted by atomic mass is 79.9. The molecule has 2 rings (SSSR count). The van der Waals surface area contributed by atoms with Gasteiger partial charge in [-0.1, -0.05) is 33.6 Å². The normalized spacial score (nSPS) is 12.2. The second kappa shape index (κ2) is 6.57. The first-order valence-electron chi connectivity index (χ1n) is 6.09. The highest BCUT2D eigenvalue weighted by Gasteiger charge is 2.14. The molecule has 1 unspecified atom stereocenters. The highest BCUT2D eigenvalue weighted by Crippen LogP contribution is 2.29. The molecular weight excluding hydrogens is 345 g/mol. The lowest BCUT2D eigenvalue weighted by Crippen LogP contribution is -2.15. The molecule has 0 aliphatic carbocycles. The Kier molecular flexibility index (Phi) is 5.02. The molecule has 2 aromatic carbocycles. The van der Waals surface area contributed by atoms with Crippen molar-refractivity contribution < 1.29 is 9.50 Å². The minimum Gasteiger partial charge on any atom is -0.394 e. The average Bonchev–Trinajstić information content (AvgIpc) is 2.35. The van der Waals surface area contributed by atoms with Crippen LogP contribution in [0.15, 0.2) is 40.9 Å². The minimum absolute atomic E-state index is 0.142. The zero-order valence-electron chi connectivity index (χ0n) is 10.8. The molecule has 0 heterocycles. The Morgan fingerprint density at radius 1 is 1.30 bits per heavy atom. The van der Waals surface area contributed by atoms with Crippen molar-refractivity contribution >= 4 is 33.2 Å². The van der Waals surface area contributed by atoms with Crippen molar-refractivity contribution in [1.29, 1.82) is 0 Å². The third-order valence-corrected chi connectivity index (χ3v) is 3.72. The van der Waals surface area contributed by atoms with Gasteiger partial charge in [-0.15, -0.1) is 0 Å². The van der Waals surface area contributed by atoms with Gasteiger partial charge in [0.25, 0.3) is 0 Å². The molecule has 0 spiro atoms. The SMILES string of the molecule is Cc1cc(F)cc(NC(CO)c2ccc(Br)cc2Cl)c1. The van der Waals surface area contributed by atoms with Crippen LogP contribution in [0.5, 0.6) is 0 Å². The number of rotatable bonds is 4. The summed E-state index contributed by atoms with van der Waals surface area (Å²) in [6.45, 7) is 1.67. The van der Waals surface area contributed by atoms with Crippen molar-refractivity contribution in [1.82, 2.24) is 0 Å². The van der Waals surface area contributed by atoms with Crippen molar-refractivity contribution in [2.75, 3.05) is 11.9 Å². The van der Waals surface area contributed by atoms with Crippen LogP contribution in [0.3, 0.4) is 0 Å². The average molecular weight is 359 g/mol. The number of aliphatic hydroxyl groups is 1. The molecule has 1 atom stereocenters. The molecule has 2 nitrogen and oxygen atoms in total. The number of aliphatic hydroxyl groups excluding tert-OH is 1. The van der Waals surface area contributed by atoms with Gasteiger partial charge in [-0.05, 0) is 48.4 Å². The van der Waals surface area contributed by atoms with E-state index < -0.39 is 6.04 Å². The molecule has 0 radical (unpaired) electrons. The maximum absolute atomic E-state index is 13.4. The van der Waals surface area contributed by atoms with E-state index in [1.54, 1.807) is 6.07 Å². The van der Waals surface area contributed by atoms with Crippen LogP contribution in [-0.2, 0) is 0 Å². The van der Waals surface area contributed by atoms with E-state index in [-0.39, 0.29) is 12.4 Å². The van der Waals surface area contributed by atoms with E-state index in [4.69, 9.17) is 11.6 Å². The molecule has 0 fully saturated rings. The predicted molar refractivity (Wildman–Crippen MR) is 83.7 cm³/mol. The van der Waals surface area contributed by atoms with E-state index in [0.29, 0.717) is 10.7 Å². The molecule has 0 aliphatic heterocycles. The van der Waals surface area contributed by atoms with Crippen molar-refractivity contribution in [3.8, 4) is 0 Å². The fourth-order valence-electron chi connectivity index (χ4n) is 2.03. The van der Waals surface area contributed by atoms with E-state index in [1.165, 1.54) is 12.1 Å². The monoisotopic (exact) mass is 357 g/mol. The summed E-state index contributed by atoms with van der Waals surface area (Å²) in [5, 5.41) is 13.2. The van der Waals surface area contributed by atoms with Crippen molar-refractivity contribution in [2.45, 2.75) is 13.0 Å². The van der Waals surface area contributed by atoms with Crippen LogP contribution in [0.2, 0.25) is 5.02 Å². The first-order chi connectivity index (χ1) is 9.49. The van der Waals surface area contributed by atoms with Gasteiger partial charge in [0.05, 0.1) is 12.6 Å². The summed E-state index contributed by atoms with van der Waals surface area (Å²) in [7, 11) is 0. The Labute approximate surface area is 130 Å². The Morgan fingerprint density at radius 2 is 2.05 bits per heavy atom. The van der Waals surface area contributed by atoms with Crippen LogP contribution >= 0.6 is 27.5 Å². The maximum atomic E-state index is 13.4. The van der Waals surface area contributed by atoms with Gasteiger partial charge >= 0.3 is 0 Å².